The van der Waals surface area contributed by atoms with Crippen molar-refractivity contribution in [3.63, 3.8) is 0 Å². The number of aliphatic carboxylic acids is 2. The molecule has 8 nitrogen and oxygen atoms in total. The zero-order valence-electron chi connectivity index (χ0n) is 13.2. The Kier molecular flexibility index (Phi) is 7.11. The second-order valence-corrected chi connectivity index (χ2v) is 5.61. The zero-order chi connectivity index (χ0) is 17.4. The number of hydrogen-bond acceptors (Lipinski definition) is 4. The van der Waals surface area contributed by atoms with Gasteiger partial charge >= 0.3 is 18.0 Å². The number of furan rings is 1. The Morgan fingerprint density at radius 1 is 1.30 bits per heavy atom. The topological polar surface area (TPSA) is 120 Å². The molecule has 0 aromatic carbocycles. The van der Waals surface area contributed by atoms with Crippen LogP contribution in [0.4, 0.5) is 4.79 Å². The van der Waals surface area contributed by atoms with Crippen molar-refractivity contribution in [1.29, 1.82) is 0 Å². The third kappa shape index (κ3) is 6.86. The number of nitrogens with one attached hydrogen (secondary N) is 1. The lowest BCUT2D eigenvalue weighted by Gasteiger charge is -2.26. The number of amides is 2. The van der Waals surface area contributed by atoms with Crippen molar-refractivity contribution >= 4 is 18.0 Å². The van der Waals surface area contributed by atoms with E-state index in [1.807, 2.05) is 13.8 Å². The van der Waals surface area contributed by atoms with E-state index in [-0.39, 0.29) is 25.3 Å². The van der Waals surface area contributed by atoms with Gasteiger partial charge in [0.15, 0.2) is 0 Å². The summed E-state index contributed by atoms with van der Waals surface area (Å²) in [5.41, 5.74) is 0. The van der Waals surface area contributed by atoms with Crippen LogP contribution < -0.4 is 5.32 Å². The van der Waals surface area contributed by atoms with Crippen molar-refractivity contribution < 1.29 is 29.0 Å². The SMILES string of the molecule is CC(C)CN(CCC(=O)O)C(=O)N[C@@H](Cc1ccco1)C(=O)O. The number of carboxylic acids is 2. The molecule has 0 unspecified atom stereocenters. The first kappa shape index (κ1) is 18.5. The van der Waals surface area contributed by atoms with Gasteiger partial charge in [0, 0.05) is 19.5 Å². The smallest absolute Gasteiger partial charge is 0.326 e. The van der Waals surface area contributed by atoms with Gasteiger partial charge in [0.05, 0.1) is 12.7 Å². The van der Waals surface area contributed by atoms with Crippen LogP contribution in [0.25, 0.3) is 0 Å². The Hall–Kier alpha value is -2.51. The number of hydrogen-bond donors (Lipinski definition) is 3. The Bertz CT molecular complexity index is 526. The summed E-state index contributed by atoms with van der Waals surface area (Å²) in [6.07, 6.45) is 1.24. The highest BCUT2D eigenvalue weighted by atomic mass is 16.4. The molecule has 1 rings (SSSR count). The van der Waals surface area contributed by atoms with Gasteiger partial charge in [0.1, 0.15) is 11.8 Å². The summed E-state index contributed by atoms with van der Waals surface area (Å²) in [6, 6.07) is 1.51. The molecule has 1 heterocycles. The van der Waals surface area contributed by atoms with Gasteiger partial charge in [-0.05, 0) is 18.1 Å². The number of urea groups is 1. The van der Waals surface area contributed by atoms with Gasteiger partial charge < -0.3 is 24.8 Å². The summed E-state index contributed by atoms with van der Waals surface area (Å²) in [6.45, 7) is 4.13. The number of carbonyl (C=O) groups is 3. The van der Waals surface area contributed by atoms with E-state index in [1.165, 1.54) is 11.2 Å². The van der Waals surface area contributed by atoms with E-state index >= 15 is 0 Å². The minimum atomic E-state index is -1.18. The van der Waals surface area contributed by atoms with Crippen LogP contribution in [0.15, 0.2) is 22.8 Å². The van der Waals surface area contributed by atoms with E-state index < -0.39 is 24.0 Å². The first-order valence-corrected chi connectivity index (χ1v) is 7.32. The summed E-state index contributed by atoms with van der Waals surface area (Å²) in [5, 5.41) is 20.4. The predicted molar refractivity (Wildman–Crippen MR) is 81.0 cm³/mol. The van der Waals surface area contributed by atoms with Crippen molar-refractivity contribution in [2.75, 3.05) is 13.1 Å². The molecule has 2 amide bonds. The molecule has 0 saturated heterocycles. The third-order valence-corrected chi connectivity index (χ3v) is 3.05. The third-order valence-electron chi connectivity index (χ3n) is 3.05. The maximum Gasteiger partial charge on any atom is 0.326 e. The first-order chi connectivity index (χ1) is 10.8. The standard InChI is InChI=1S/C15H22N2O6/c1-10(2)9-17(6-5-13(18)19)15(22)16-12(14(20)21)8-11-4-3-7-23-11/h3-4,7,10,12H,5-6,8-9H2,1-2H3,(H,16,22)(H,18,19)(H,20,21)/t12-/m0/s1. The molecule has 3 N–H and O–H groups in total. The second kappa shape index (κ2) is 8.82. The number of carboxylic acid groups (broad SMARTS) is 2. The summed E-state index contributed by atoms with van der Waals surface area (Å²) in [7, 11) is 0. The van der Waals surface area contributed by atoms with Crippen molar-refractivity contribution in [1.82, 2.24) is 10.2 Å². The van der Waals surface area contributed by atoms with Gasteiger partial charge in [-0.15, -0.1) is 0 Å². The molecule has 1 aromatic heterocycles. The van der Waals surface area contributed by atoms with Crippen molar-refractivity contribution in [2.24, 2.45) is 5.92 Å². The fourth-order valence-electron chi connectivity index (χ4n) is 2.02. The van der Waals surface area contributed by atoms with Gasteiger partial charge in [-0.3, -0.25) is 4.79 Å². The highest BCUT2D eigenvalue weighted by Crippen LogP contribution is 2.07. The monoisotopic (exact) mass is 326 g/mol. The Balaban J connectivity index is 2.71. The van der Waals surface area contributed by atoms with Crippen molar-refractivity contribution in [3.8, 4) is 0 Å². The molecule has 23 heavy (non-hydrogen) atoms. The minimum Gasteiger partial charge on any atom is -0.481 e. The normalized spacial score (nSPS) is 12.0. The lowest BCUT2D eigenvalue weighted by atomic mass is 10.1. The van der Waals surface area contributed by atoms with Crippen LogP contribution in [0, 0.1) is 5.92 Å². The molecule has 0 radical (unpaired) electrons. The second-order valence-electron chi connectivity index (χ2n) is 5.61. The molecule has 0 spiro atoms. The maximum absolute atomic E-state index is 12.3. The summed E-state index contributed by atoms with van der Waals surface area (Å²) < 4.78 is 5.09. The largest absolute Gasteiger partial charge is 0.481 e. The summed E-state index contributed by atoms with van der Waals surface area (Å²) >= 11 is 0. The Morgan fingerprint density at radius 3 is 2.48 bits per heavy atom. The van der Waals surface area contributed by atoms with E-state index in [1.54, 1.807) is 12.1 Å². The minimum absolute atomic E-state index is 0.0164. The fourth-order valence-corrected chi connectivity index (χ4v) is 2.02. The molecule has 0 aliphatic heterocycles. The molecule has 0 aliphatic carbocycles. The highest BCUT2D eigenvalue weighted by Gasteiger charge is 2.25. The molecule has 0 fully saturated rings. The quantitative estimate of drug-likeness (QED) is 0.631. The van der Waals surface area contributed by atoms with E-state index in [2.05, 4.69) is 5.32 Å². The average Bonchev–Trinajstić information content (AvgIpc) is 2.94. The summed E-state index contributed by atoms with van der Waals surface area (Å²) in [5.74, 6) is -1.63. The maximum atomic E-state index is 12.3. The van der Waals surface area contributed by atoms with Crippen molar-refractivity contribution in [3.05, 3.63) is 24.2 Å². The van der Waals surface area contributed by atoms with E-state index in [4.69, 9.17) is 9.52 Å². The summed E-state index contributed by atoms with van der Waals surface area (Å²) in [4.78, 5) is 35.6. The molecule has 1 atom stereocenters. The van der Waals surface area contributed by atoms with E-state index in [9.17, 15) is 19.5 Å². The molecular weight excluding hydrogens is 304 g/mol. The van der Waals surface area contributed by atoms with Crippen LogP contribution in [-0.2, 0) is 16.0 Å². The van der Waals surface area contributed by atoms with Gasteiger partial charge in [-0.1, -0.05) is 13.8 Å². The number of nitrogens with zero attached hydrogens (tertiary/aromatic N) is 1. The van der Waals surface area contributed by atoms with Crippen LogP contribution >= 0.6 is 0 Å². The molecule has 8 heteroatoms. The van der Waals surface area contributed by atoms with Crippen LogP contribution in [-0.4, -0.2) is 52.2 Å². The first-order valence-electron chi connectivity index (χ1n) is 7.32. The lowest BCUT2D eigenvalue weighted by molar-refractivity contribution is -0.139. The lowest BCUT2D eigenvalue weighted by Crippen LogP contribution is -2.50. The van der Waals surface area contributed by atoms with Gasteiger partial charge in [0.25, 0.3) is 0 Å². The van der Waals surface area contributed by atoms with E-state index in [0.29, 0.717) is 12.3 Å². The van der Waals surface area contributed by atoms with E-state index in [0.717, 1.165) is 0 Å². The molecule has 0 aliphatic rings. The zero-order valence-corrected chi connectivity index (χ0v) is 13.2. The fraction of sp³-hybridized carbons (Fsp3) is 0.533. The Morgan fingerprint density at radius 2 is 2.00 bits per heavy atom. The van der Waals surface area contributed by atoms with Crippen LogP contribution in [0.2, 0.25) is 0 Å². The van der Waals surface area contributed by atoms with Crippen LogP contribution in [0.3, 0.4) is 0 Å². The highest BCUT2D eigenvalue weighted by molar-refractivity contribution is 5.83. The van der Waals surface area contributed by atoms with Gasteiger partial charge in [-0.25, -0.2) is 9.59 Å². The molecule has 0 bridgehead atoms. The number of carbonyl (C=O) groups excluding carboxylic acids is 1. The van der Waals surface area contributed by atoms with Crippen LogP contribution in [0.5, 0.6) is 0 Å². The van der Waals surface area contributed by atoms with Gasteiger partial charge in [0.2, 0.25) is 0 Å². The van der Waals surface area contributed by atoms with Gasteiger partial charge in [-0.2, -0.15) is 0 Å². The molecule has 1 aromatic rings. The molecule has 128 valence electrons. The Labute approximate surface area is 134 Å². The number of rotatable bonds is 9. The van der Waals surface area contributed by atoms with Crippen LogP contribution in [0.1, 0.15) is 26.0 Å². The predicted octanol–water partition coefficient (Wildman–Crippen LogP) is 1.42. The molecule has 0 saturated carbocycles. The molecular formula is C15H22N2O6. The average molecular weight is 326 g/mol. The van der Waals surface area contributed by atoms with Crippen molar-refractivity contribution in [2.45, 2.75) is 32.7 Å².